The van der Waals surface area contributed by atoms with Crippen molar-refractivity contribution in [2.45, 2.75) is 33.2 Å². The lowest BCUT2D eigenvalue weighted by Crippen LogP contribution is -2.41. The van der Waals surface area contributed by atoms with E-state index in [1.54, 1.807) is 19.0 Å². The highest BCUT2D eigenvalue weighted by molar-refractivity contribution is 5.84. The first-order valence-corrected chi connectivity index (χ1v) is 10.5. The summed E-state index contributed by atoms with van der Waals surface area (Å²) in [5.41, 5.74) is 2.22. The molecule has 0 bridgehead atoms. The van der Waals surface area contributed by atoms with Gasteiger partial charge in [0.05, 0.1) is 18.9 Å². The predicted molar refractivity (Wildman–Crippen MR) is 115 cm³/mol. The molecule has 2 heterocycles. The van der Waals surface area contributed by atoms with Gasteiger partial charge in [-0.3, -0.25) is 14.4 Å². The summed E-state index contributed by atoms with van der Waals surface area (Å²) in [5.74, 6) is 0.678. The zero-order chi connectivity index (χ0) is 21.1. The number of morpholine rings is 1. The van der Waals surface area contributed by atoms with E-state index in [0.717, 1.165) is 71.0 Å². The minimum atomic E-state index is -0.0120. The van der Waals surface area contributed by atoms with Gasteiger partial charge in [0.1, 0.15) is 6.54 Å². The van der Waals surface area contributed by atoms with Crippen LogP contribution < -0.4 is 10.6 Å². The van der Waals surface area contributed by atoms with E-state index < -0.39 is 0 Å². The van der Waals surface area contributed by atoms with Crippen molar-refractivity contribution in [1.29, 1.82) is 0 Å². The van der Waals surface area contributed by atoms with Crippen LogP contribution in [0.5, 0.6) is 0 Å². The van der Waals surface area contributed by atoms with Crippen LogP contribution in [0.2, 0.25) is 0 Å². The SMILES string of the molecule is Cc1cc(C)n(CCCNC(=NCC(=O)N(C)C)NCCCN2CCOCC2)n1. The van der Waals surface area contributed by atoms with Crippen LogP contribution in [-0.2, 0) is 16.1 Å². The van der Waals surface area contributed by atoms with Crippen molar-refractivity contribution >= 4 is 11.9 Å². The summed E-state index contributed by atoms with van der Waals surface area (Å²) in [6.45, 7) is 11.4. The van der Waals surface area contributed by atoms with E-state index in [0.29, 0.717) is 5.96 Å². The topological polar surface area (TPSA) is 87.0 Å². The first kappa shape index (κ1) is 23.2. The van der Waals surface area contributed by atoms with E-state index in [1.165, 1.54) is 5.69 Å². The molecule has 0 aromatic carbocycles. The van der Waals surface area contributed by atoms with Gasteiger partial charge < -0.3 is 20.3 Å². The Morgan fingerprint density at radius 2 is 1.83 bits per heavy atom. The smallest absolute Gasteiger partial charge is 0.243 e. The molecule has 0 unspecified atom stereocenters. The van der Waals surface area contributed by atoms with Crippen molar-refractivity contribution in [3.63, 3.8) is 0 Å². The summed E-state index contributed by atoms with van der Waals surface area (Å²) in [6, 6.07) is 2.09. The molecule has 0 spiro atoms. The lowest BCUT2D eigenvalue weighted by molar-refractivity contribution is -0.127. The molecule has 164 valence electrons. The van der Waals surface area contributed by atoms with Gasteiger partial charge in [-0.05, 0) is 39.3 Å². The number of hydrogen-bond acceptors (Lipinski definition) is 5. The standard InChI is InChI=1S/C20H37N7O2/c1-17-15-18(2)27(24-17)10-6-8-22-20(23-16-19(28)25(3)4)21-7-5-9-26-11-13-29-14-12-26/h15H,5-14,16H2,1-4H3,(H2,21,22,23). The Balaban J connectivity index is 1.74. The molecule has 1 aliphatic heterocycles. The molecule has 0 atom stereocenters. The van der Waals surface area contributed by atoms with Crippen molar-refractivity contribution < 1.29 is 9.53 Å². The third kappa shape index (κ3) is 8.82. The van der Waals surface area contributed by atoms with E-state index in [1.807, 2.05) is 11.6 Å². The lowest BCUT2D eigenvalue weighted by Gasteiger charge is -2.26. The zero-order valence-electron chi connectivity index (χ0n) is 18.4. The quantitative estimate of drug-likeness (QED) is 0.328. The van der Waals surface area contributed by atoms with Gasteiger partial charge in [0.2, 0.25) is 5.91 Å². The summed E-state index contributed by atoms with van der Waals surface area (Å²) in [6.07, 6.45) is 1.95. The summed E-state index contributed by atoms with van der Waals surface area (Å²) in [5, 5.41) is 11.2. The molecule has 2 rings (SSSR count). The fourth-order valence-electron chi connectivity index (χ4n) is 3.13. The number of likely N-dealkylation sites (N-methyl/N-ethyl adjacent to an activating group) is 1. The number of aromatic nitrogens is 2. The number of guanidine groups is 1. The third-order valence-electron chi connectivity index (χ3n) is 4.86. The molecule has 1 aromatic rings. The van der Waals surface area contributed by atoms with Crippen molar-refractivity contribution in [1.82, 2.24) is 30.2 Å². The number of nitrogens with zero attached hydrogens (tertiary/aromatic N) is 5. The molecular formula is C20H37N7O2. The van der Waals surface area contributed by atoms with Crippen LogP contribution >= 0.6 is 0 Å². The van der Waals surface area contributed by atoms with Gasteiger partial charge in [0.15, 0.2) is 5.96 Å². The number of aryl methyl sites for hydroxylation is 3. The first-order valence-electron chi connectivity index (χ1n) is 10.5. The number of nitrogens with one attached hydrogen (secondary N) is 2. The second-order valence-corrected chi connectivity index (χ2v) is 7.62. The van der Waals surface area contributed by atoms with Gasteiger partial charge in [-0.25, -0.2) is 4.99 Å². The van der Waals surface area contributed by atoms with Crippen LogP contribution in [0.3, 0.4) is 0 Å². The molecule has 1 saturated heterocycles. The Bertz CT molecular complexity index is 651. The van der Waals surface area contributed by atoms with Gasteiger partial charge in [-0.2, -0.15) is 5.10 Å². The van der Waals surface area contributed by atoms with Crippen molar-refractivity contribution in [3.8, 4) is 0 Å². The third-order valence-corrected chi connectivity index (χ3v) is 4.86. The van der Waals surface area contributed by atoms with Crippen LogP contribution in [-0.4, -0.2) is 98.0 Å². The van der Waals surface area contributed by atoms with E-state index >= 15 is 0 Å². The van der Waals surface area contributed by atoms with E-state index in [4.69, 9.17) is 4.74 Å². The Morgan fingerprint density at radius 1 is 1.17 bits per heavy atom. The summed E-state index contributed by atoms with van der Waals surface area (Å²) in [4.78, 5) is 20.3. The zero-order valence-corrected chi connectivity index (χ0v) is 18.4. The number of carbonyl (C=O) groups is 1. The molecule has 9 nitrogen and oxygen atoms in total. The highest BCUT2D eigenvalue weighted by atomic mass is 16.5. The van der Waals surface area contributed by atoms with Gasteiger partial charge in [-0.1, -0.05) is 0 Å². The molecule has 1 fully saturated rings. The van der Waals surface area contributed by atoms with Gasteiger partial charge in [0.25, 0.3) is 0 Å². The van der Waals surface area contributed by atoms with E-state index in [9.17, 15) is 4.79 Å². The van der Waals surface area contributed by atoms with Crippen LogP contribution in [0, 0.1) is 13.8 Å². The summed E-state index contributed by atoms with van der Waals surface area (Å²) >= 11 is 0. The molecule has 29 heavy (non-hydrogen) atoms. The Hall–Kier alpha value is -2.13. The van der Waals surface area contributed by atoms with Gasteiger partial charge in [-0.15, -0.1) is 0 Å². The Morgan fingerprint density at radius 3 is 2.41 bits per heavy atom. The number of ether oxygens (including phenoxy) is 1. The maximum absolute atomic E-state index is 11.9. The minimum absolute atomic E-state index is 0.0120. The number of amides is 1. The maximum Gasteiger partial charge on any atom is 0.243 e. The average molecular weight is 408 g/mol. The highest BCUT2D eigenvalue weighted by Crippen LogP contribution is 2.02. The normalized spacial score (nSPS) is 15.4. The molecule has 0 saturated carbocycles. The summed E-state index contributed by atoms with van der Waals surface area (Å²) < 4.78 is 7.41. The second-order valence-electron chi connectivity index (χ2n) is 7.62. The molecule has 0 aliphatic carbocycles. The number of carbonyl (C=O) groups excluding carboxylic acids is 1. The Labute approximate surface area is 174 Å². The molecule has 9 heteroatoms. The van der Waals surface area contributed by atoms with Crippen molar-refractivity contribution in [2.75, 3.05) is 66.6 Å². The highest BCUT2D eigenvalue weighted by Gasteiger charge is 2.10. The minimum Gasteiger partial charge on any atom is -0.379 e. The largest absolute Gasteiger partial charge is 0.379 e. The molecule has 1 aromatic heterocycles. The van der Waals surface area contributed by atoms with Gasteiger partial charge in [0, 0.05) is 52.5 Å². The van der Waals surface area contributed by atoms with Crippen LogP contribution in [0.4, 0.5) is 0 Å². The van der Waals surface area contributed by atoms with Crippen molar-refractivity contribution in [2.24, 2.45) is 4.99 Å². The Kier molecular flexibility index (Phi) is 9.93. The number of rotatable bonds is 10. The number of aliphatic imine (C=N–C) groups is 1. The molecular weight excluding hydrogens is 370 g/mol. The fourth-order valence-corrected chi connectivity index (χ4v) is 3.13. The average Bonchev–Trinajstić information content (AvgIpc) is 3.03. The lowest BCUT2D eigenvalue weighted by atomic mass is 10.3. The molecule has 0 radical (unpaired) electrons. The van der Waals surface area contributed by atoms with Crippen LogP contribution in [0.1, 0.15) is 24.2 Å². The molecule has 1 amide bonds. The first-order chi connectivity index (χ1) is 14.0. The molecule has 1 aliphatic rings. The van der Waals surface area contributed by atoms with E-state index in [-0.39, 0.29) is 12.5 Å². The van der Waals surface area contributed by atoms with Crippen LogP contribution in [0.25, 0.3) is 0 Å². The molecule has 2 N–H and O–H groups in total. The monoisotopic (exact) mass is 407 g/mol. The summed E-state index contributed by atoms with van der Waals surface area (Å²) in [7, 11) is 3.49. The van der Waals surface area contributed by atoms with Gasteiger partial charge >= 0.3 is 0 Å². The van der Waals surface area contributed by atoms with Crippen LogP contribution in [0.15, 0.2) is 11.1 Å². The fraction of sp³-hybridized carbons (Fsp3) is 0.750. The number of hydrogen-bond donors (Lipinski definition) is 2. The predicted octanol–water partition coefficient (Wildman–Crippen LogP) is 0.236. The second kappa shape index (κ2) is 12.4. The van der Waals surface area contributed by atoms with E-state index in [2.05, 4.69) is 38.6 Å². The van der Waals surface area contributed by atoms with Crippen molar-refractivity contribution in [3.05, 3.63) is 17.5 Å². The maximum atomic E-state index is 11.9.